The van der Waals surface area contributed by atoms with Gasteiger partial charge in [0, 0.05) is 18.5 Å². The van der Waals surface area contributed by atoms with Crippen LogP contribution in [-0.2, 0) is 11.2 Å². The number of carbonyl (C=O) groups is 1. The largest absolute Gasteiger partial charge is 0.395 e. The van der Waals surface area contributed by atoms with Gasteiger partial charge in [-0.2, -0.15) is 0 Å². The lowest BCUT2D eigenvalue weighted by Gasteiger charge is -2.15. The minimum absolute atomic E-state index is 0.00216. The number of hydrogen-bond donors (Lipinski definition) is 2. The first-order chi connectivity index (χ1) is 7.13. The van der Waals surface area contributed by atoms with Gasteiger partial charge in [-0.3, -0.25) is 4.79 Å². The number of thiol groups is 1. The number of rotatable bonds is 4. The van der Waals surface area contributed by atoms with Crippen LogP contribution in [0.5, 0.6) is 0 Å². The Kier molecular flexibility index (Phi) is 4.65. The van der Waals surface area contributed by atoms with Crippen LogP contribution in [0.3, 0.4) is 0 Å². The van der Waals surface area contributed by atoms with Crippen molar-refractivity contribution < 1.29 is 9.90 Å². The Morgan fingerprint density at radius 1 is 1.40 bits per heavy atom. The molecule has 0 atom stereocenters. The van der Waals surface area contributed by atoms with Crippen molar-refractivity contribution in [2.24, 2.45) is 0 Å². The van der Waals surface area contributed by atoms with Gasteiger partial charge in [0.2, 0.25) is 5.91 Å². The Hall–Kier alpha value is -1.00. The van der Waals surface area contributed by atoms with E-state index < -0.39 is 0 Å². The number of amides is 1. The van der Waals surface area contributed by atoms with E-state index in [4.69, 9.17) is 5.11 Å². The van der Waals surface area contributed by atoms with Crippen LogP contribution in [-0.4, -0.2) is 36.1 Å². The highest BCUT2D eigenvalue weighted by Gasteiger charge is 2.08. The average Bonchev–Trinajstić information content (AvgIpc) is 2.22. The topological polar surface area (TPSA) is 40.5 Å². The molecule has 1 N–H and O–H groups in total. The van der Waals surface area contributed by atoms with Crippen molar-refractivity contribution in [3.8, 4) is 0 Å². The predicted molar refractivity (Wildman–Crippen MR) is 62.1 cm³/mol. The van der Waals surface area contributed by atoms with Gasteiger partial charge in [-0.25, -0.2) is 0 Å². The van der Waals surface area contributed by atoms with E-state index in [1.165, 1.54) is 4.90 Å². The van der Waals surface area contributed by atoms with Gasteiger partial charge in [-0.1, -0.05) is 12.1 Å². The highest BCUT2D eigenvalue weighted by Crippen LogP contribution is 2.08. The SMILES string of the molecule is CN(CCO)C(=O)Cc1ccc(S)cc1. The molecule has 0 spiro atoms. The number of likely N-dealkylation sites (N-methyl/N-ethyl adjacent to an activating group) is 1. The third-order valence-corrected chi connectivity index (χ3v) is 2.45. The molecule has 0 saturated carbocycles. The van der Waals surface area contributed by atoms with Crippen LogP contribution in [0.2, 0.25) is 0 Å². The van der Waals surface area contributed by atoms with E-state index in [1.54, 1.807) is 7.05 Å². The Morgan fingerprint density at radius 2 is 2.00 bits per heavy atom. The predicted octanol–water partition coefficient (Wildman–Crippen LogP) is 0.968. The molecular formula is C11H15NO2S. The molecule has 0 aliphatic carbocycles. The zero-order chi connectivity index (χ0) is 11.3. The van der Waals surface area contributed by atoms with Crippen molar-refractivity contribution >= 4 is 18.5 Å². The number of hydrogen-bond acceptors (Lipinski definition) is 3. The summed E-state index contributed by atoms with van der Waals surface area (Å²) in [5.41, 5.74) is 0.961. The first-order valence-electron chi connectivity index (χ1n) is 4.76. The summed E-state index contributed by atoms with van der Waals surface area (Å²) in [4.78, 5) is 14.0. The van der Waals surface area contributed by atoms with Crippen molar-refractivity contribution in [1.29, 1.82) is 0 Å². The summed E-state index contributed by atoms with van der Waals surface area (Å²) in [5, 5.41) is 8.68. The first-order valence-corrected chi connectivity index (χ1v) is 5.21. The highest BCUT2D eigenvalue weighted by atomic mass is 32.1. The van der Waals surface area contributed by atoms with Crippen LogP contribution >= 0.6 is 12.6 Å². The zero-order valence-electron chi connectivity index (χ0n) is 8.68. The molecule has 0 aromatic heterocycles. The Morgan fingerprint density at radius 3 is 2.53 bits per heavy atom. The molecule has 4 heteroatoms. The second-order valence-electron chi connectivity index (χ2n) is 3.38. The molecule has 0 aliphatic heterocycles. The van der Waals surface area contributed by atoms with E-state index in [1.807, 2.05) is 24.3 Å². The summed E-state index contributed by atoms with van der Waals surface area (Å²) in [7, 11) is 1.69. The molecule has 0 heterocycles. The second kappa shape index (κ2) is 5.78. The summed E-state index contributed by atoms with van der Waals surface area (Å²) in [5.74, 6) is 0.0102. The van der Waals surface area contributed by atoms with Gasteiger partial charge < -0.3 is 10.0 Å². The molecule has 1 rings (SSSR count). The minimum atomic E-state index is -0.00216. The van der Waals surface area contributed by atoms with Crippen LogP contribution in [0.15, 0.2) is 29.2 Å². The van der Waals surface area contributed by atoms with Crippen LogP contribution < -0.4 is 0 Å². The minimum Gasteiger partial charge on any atom is -0.395 e. The van der Waals surface area contributed by atoms with E-state index in [-0.39, 0.29) is 12.5 Å². The lowest BCUT2D eigenvalue weighted by Crippen LogP contribution is -2.30. The summed E-state index contributed by atoms with van der Waals surface area (Å²) in [6.45, 7) is 0.376. The average molecular weight is 225 g/mol. The molecule has 0 bridgehead atoms. The number of aliphatic hydroxyl groups is 1. The van der Waals surface area contributed by atoms with E-state index in [2.05, 4.69) is 12.6 Å². The van der Waals surface area contributed by atoms with E-state index in [9.17, 15) is 4.79 Å². The van der Waals surface area contributed by atoms with Crippen molar-refractivity contribution in [2.75, 3.05) is 20.2 Å². The first kappa shape index (κ1) is 12.1. The van der Waals surface area contributed by atoms with Crippen molar-refractivity contribution in [2.45, 2.75) is 11.3 Å². The maximum atomic E-state index is 11.6. The van der Waals surface area contributed by atoms with Crippen LogP contribution in [0, 0.1) is 0 Å². The van der Waals surface area contributed by atoms with Crippen molar-refractivity contribution in [1.82, 2.24) is 4.90 Å². The number of benzene rings is 1. The molecule has 0 radical (unpaired) electrons. The Balaban J connectivity index is 2.54. The van der Waals surface area contributed by atoms with Gasteiger partial charge >= 0.3 is 0 Å². The molecule has 82 valence electrons. The van der Waals surface area contributed by atoms with Crippen molar-refractivity contribution in [3.05, 3.63) is 29.8 Å². The third-order valence-electron chi connectivity index (χ3n) is 2.15. The van der Waals surface area contributed by atoms with Crippen LogP contribution in [0.1, 0.15) is 5.56 Å². The molecular weight excluding hydrogens is 210 g/mol. The number of nitrogens with zero attached hydrogens (tertiary/aromatic N) is 1. The molecule has 1 aromatic rings. The van der Waals surface area contributed by atoms with Crippen LogP contribution in [0.25, 0.3) is 0 Å². The van der Waals surface area contributed by atoms with Gasteiger partial charge in [0.25, 0.3) is 0 Å². The number of aliphatic hydroxyl groups excluding tert-OH is 1. The second-order valence-corrected chi connectivity index (χ2v) is 3.90. The summed E-state index contributed by atoms with van der Waals surface area (Å²) >= 11 is 4.17. The molecule has 15 heavy (non-hydrogen) atoms. The summed E-state index contributed by atoms with van der Waals surface area (Å²) < 4.78 is 0. The molecule has 3 nitrogen and oxygen atoms in total. The lowest BCUT2D eigenvalue weighted by atomic mass is 10.1. The van der Waals surface area contributed by atoms with Gasteiger partial charge in [0.15, 0.2) is 0 Å². The Bertz CT molecular complexity index is 324. The highest BCUT2D eigenvalue weighted by molar-refractivity contribution is 7.80. The molecule has 0 saturated heterocycles. The zero-order valence-corrected chi connectivity index (χ0v) is 9.58. The number of carbonyl (C=O) groups excluding carboxylic acids is 1. The quantitative estimate of drug-likeness (QED) is 0.750. The third kappa shape index (κ3) is 3.93. The van der Waals surface area contributed by atoms with Gasteiger partial charge in [0.05, 0.1) is 13.0 Å². The van der Waals surface area contributed by atoms with E-state index in [0.717, 1.165) is 10.5 Å². The molecule has 0 aliphatic rings. The maximum Gasteiger partial charge on any atom is 0.226 e. The summed E-state index contributed by atoms with van der Waals surface area (Å²) in [6.07, 6.45) is 0.366. The smallest absolute Gasteiger partial charge is 0.226 e. The van der Waals surface area contributed by atoms with Crippen molar-refractivity contribution in [3.63, 3.8) is 0 Å². The molecule has 1 amide bonds. The fraction of sp³-hybridized carbons (Fsp3) is 0.364. The van der Waals surface area contributed by atoms with Gasteiger partial charge in [0.1, 0.15) is 0 Å². The Labute approximate surface area is 95.1 Å². The van der Waals surface area contributed by atoms with Crippen LogP contribution in [0.4, 0.5) is 0 Å². The maximum absolute atomic E-state index is 11.6. The standard InChI is InChI=1S/C11H15NO2S/c1-12(6-7-13)11(14)8-9-2-4-10(15)5-3-9/h2-5,13,15H,6-8H2,1H3. The fourth-order valence-electron chi connectivity index (χ4n) is 1.20. The molecule has 0 fully saturated rings. The molecule has 0 unspecified atom stereocenters. The monoisotopic (exact) mass is 225 g/mol. The molecule has 1 aromatic carbocycles. The normalized spacial score (nSPS) is 10.1. The van der Waals surface area contributed by atoms with Gasteiger partial charge in [-0.05, 0) is 17.7 Å². The van der Waals surface area contributed by atoms with E-state index >= 15 is 0 Å². The van der Waals surface area contributed by atoms with Gasteiger partial charge in [-0.15, -0.1) is 12.6 Å². The summed E-state index contributed by atoms with van der Waals surface area (Å²) in [6, 6.07) is 7.48. The lowest BCUT2D eigenvalue weighted by molar-refractivity contribution is -0.129. The van der Waals surface area contributed by atoms with E-state index in [0.29, 0.717) is 13.0 Å². The fourth-order valence-corrected chi connectivity index (χ4v) is 1.35.